The lowest BCUT2D eigenvalue weighted by atomic mass is 10.3. The van der Waals surface area contributed by atoms with E-state index in [1.54, 1.807) is 17.0 Å². The van der Waals surface area contributed by atoms with Gasteiger partial charge < -0.3 is 10.2 Å². The van der Waals surface area contributed by atoms with Gasteiger partial charge in [0, 0.05) is 19.0 Å². The molecule has 0 radical (unpaired) electrons. The van der Waals surface area contributed by atoms with E-state index in [-0.39, 0.29) is 23.4 Å². The number of nitrogens with zero attached hydrogens (tertiary/aromatic N) is 2. The van der Waals surface area contributed by atoms with Gasteiger partial charge in [-0.3, -0.25) is 9.59 Å². The third kappa shape index (κ3) is 3.19. The third-order valence-electron chi connectivity index (χ3n) is 3.53. The maximum Gasteiger partial charge on any atom is 0.281 e. The van der Waals surface area contributed by atoms with E-state index in [1.165, 1.54) is 6.07 Å². The Labute approximate surface area is 128 Å². The summed E-state index contributed by atoms with van der Waals surface area (Å²) in [5.41, 5.74) is 0. The number of rotatable bonds is 4. The Morgan fingerprint density at radius 3 is 2.82 bits per heavy atom. The Kier molecular flexibility index (Phi) is 3.73. The standard InChI is InChI=1S/C13H16N4O4S/c18-11-8-17(7-6-14-11)10-2-1-3-12(15-10)22(20,21)16-13(19)9-4-5-9/h1-3,9H,4-8H2,(H,14,18)(H,16,19). The largest absolute Gasteiger partial charge is 0.353 e. The highest BCUT2D eigenvalue weighted by Gasteiger charge is 2.33. The van der Waals surface area contributed by atoms with Crippen molar-refractivity contribution in [1.29, 1.82) is 0 Å². The summed E-state index contributed by atoms with van der Waals surface area (Å²) in [5.74, 6) is -0.423. The van der Waals surface area contributed by atoms with Crippen molar-refractivity contribution < 1.29 is 18.0 Å². The van der Waals surface area contributed by atoms with E-state index in [4.69, 9.17) is 0 Å². The maximum atomic E-state index is 12.2. The van der Waals surface area contributed by atoms with E-state index < -0.39 is 15.9 Å². The average Bonchev–Trinajstić information content (AvgIpc) is 3.32. The number of carbonyl (C=O) groups excluding carboxylic acids is 2. The van der Waals surface area contributed by atoms with Crippen LogP contribution in [-0.4, -0.2) is 44.9 Å². The first-order valence-corrected chi connectivity index (χ1v) is 8.49. The van der Waals surface area contributed by atoms with Gasteiger partial charge in [0.15, 0.2) is 5.03 Å². The maximum absolute atomic E-state index is 12.2. The lowest BCUT2D eigenvalue weighted by molar-refractivity contribution is -0.121. The minimum Gasteiger partial charge on any atom is -0.353 e. The first-order valence-electron chi connectivity index (χ1n) is 7.01. The topological polar surface area (TPSA) is 108 Å². The number of anilines is 1. The van der Waals surface area contributed by atoms with Gasteiger partial charge in [-0.25, -0.2) is 9.71 Å². The second-order valence-corrected chi connectivity index (χ2v) is 6.98. The van der Waals surface area contributed by atoms with Gasteiger partial charge in [0.1, 0.15) is 5.82 Å². The molecule has 118 valence electrons. The molecule has 1 saturated carbocycles. The normalized spacial score (nSPS) is 18.7. The molecule has 0 spiro atoms. The quantitative estimate of drug-likeness (QED) is 0.753. The molecule has 1 aromatic heterocycles. The zero-order valence-electron chi connectivity index (χ0n) is 11.8. The van der Waals surface area contributed by atoms with Crippen LogP contribution in [0.2, 0.25) is 0 Å². The molecule has 3 rings (SSSR count). The van der Waals surface area contributed by atoms with Crippen molar-refractivity contribution in [1.82, 2.24) is 15.0 Å². The molecule has 1 saturated heterocycles. The smallest absolute Gasteiger partial charge is 0.281 e. The highest BCUT2D eigenvalue weighted by molar-refractivity contribution is 7.90. The number of sulfonamides is 1. The summed E-state index contributed by atoms with van der Waals surface area (Å²) >= 11 is 0. The minimum atomic E-state index is -3.98. The van der Waals surface area contributed by atoms with Gasteiger partial charge in [0.25, 0.3) is 10.0 Å². The lowest BCUT2D eigenvalue weighted by Gasteiger charge is -2.27. The molecule has 2 aliphatic rings. The van der Waals surface area contributed by atoms with Crippen molar-refractivity contribution in [2.75, 3.05) is 24.5 Å². The number of nitrogens with one attached hydrogen (secondary N) is 2. The summed E-state index contributed by atoms with van der Waals surface area (Å²) in [6.07, 6.45) is 1.44. The Balaban J connectivity index is 1.80. The monoisotopic (exact) mass is 324 g/mol. The van der Waals surface area contributed by atoms with Crippen LogP contribution in [0.4, 0.5) is 5.82 Å². The van der Waals surface area contributed by atoms with Gasteiger partial charge in [-0.05, 0) is 25.0 Å². The second kappa shape index (κ2) is 5.56. The number of pyridine rings is 1. The van der Waals surface area contributed by atoms with Crippen molar-refractivity contribution in [3.8, 4) is 0 Å². The molecule has 22 heavy (non-hydrogen) atoms. The molecule has 1 aliphatic heterocycles. The van der Waals surface area contributed by atoms with E-state index in [9.17, 15) is 18.0 Å². The van der Waals surface area contributed by atoms with E-state index in [0.717, 1.165) is 12.8 Å². The molecule has 0 bridgehead atoms. The Hall–Kier alpha value is -2.16. The summed E-state index contributed by atoms with van der Waals surface area (Å²) in [4.78, 5) is 28.8. The molecule has 1 aliphatic carbocycles. The molecule has 2 fully saturated rings. The summed E-state index contributed by atoms with van der Waals surface area (Å²) in [5, 5.41) is 2.47. The van der Waals surface area contributed by atoms with Gasteiger partial charge in [-0.15, -0.1) is 0 Å². The van der Waals surface area contributed by atoms with Gasteiger partial charge in [0.2, 0.25) is 11.8 Å². The number of amides is 2. The van der Waals surface area contributed by atoms with Crippen LogP contribution < -0.4 is 14.9 Å². The van der Waals surface area contributed by atoms with Crippen molar-refractivity contribution in [2.24, 2.45) is 5.92 Å². The van der Waals surface area contributed by atoms with Gasteiger partial charge >= 0.3 is 0 Å². The third-order valence-corrected chi connectivity index (χ3v) is 4.78. The zero-order chi connectivity index (χ0) is 15.7. The fraction of sp³-hybridized carbons (Fsp3) is 0.462. The SMILES string of the molecule is O=C1CN(c2cccc(S(=O)(=O)NC(=O)C3CC3)n2)CCN1. The van der Waals surface area contributed by atoms with E-state index in [0.29, 0.717) is 18.9 Å². The van der Waals surface area contributed by atoms with E-state index in [1.807, 2.05) is 4.72 Å². The summed E-state index contributed by atoms with van der Waals surface area (Å²) in [6, 6.07) is 4.52. The zero-order valence-corrected chi connectivity index (χ0v) is 12.6. The number of hydrogen-bond donors (Lipinski definition) is 2. The van der Waals surface area contributed by atoms with Crippen molar-refractivity contribution in [2.45, 2.75) is 17.9 Å². The summed E-state index contributed by atoms with van der Waals surface area (Å²) in [6.45, 7) is 1.16. The van der Waals surface area contributed by atoms with Crippen LogP contribution in [0.25, 0.3) is 0 Å². The summed E-state index contributed by atoms with van der Waals surface area (Å²) < 4.78 is 26.4. The highest BCUT2D eigenvalue weighted by atomic mass is 32.2. The predicted molar refractivity (Wildman–Crippen MR) is 77.5 cm³/mol. The van der Waals surface area contributed by atoms with Crippen LogP contribution in [0, 0.1) is 5.92 Å². The van der Waals surface area contributed by atoms with Crippen LogP contribution in [0.15, 0.2) is 23.2 Å². The molecule has 2 amide bonds. The number of carbonyl (C=O) groups is 2. The van der Waals surface area contributed by atoms with E-state index in [2.05, 4.69) is 10.3 Å². The van der Waals surface area contributed by atoms with E-state index >= 15 is 0 Å². The Bertz CT molecular complexity index is 715. The minimum absolute atomic E-state index is 0.130. The van der Waals surface area contributed by atoms with Gasteiger partial charge in [-0.1, -0.05) is 6.07 Å². The van der Waals surface area contributed by atoms with Crippen molar-refractivity contribution in [3.63, 3.8) is 0 Å². The lowest BCUT2D eigenvalue weighted by Crippen LogP contribution is -2.48. The second-order valence-electron chi connectivity index (χ2n) is 5.35. The van der Waals surface area contributed by atoms with Gasteiger partial charge in [0.05, 0.1) is 6.54 Å². The molecular weight excluding hydrogens is 308 g/mol. The van der Waals surface area contributed by atoms with Crippen LogP contribution in [0.3, 0.4) is 0 Å². The molecule has 8 nitrogen and oxygen atoms in total. The number of piperazine rings is 1. The fourth-order valence-corrected chi connectivity index (χ4v) is 3.18. The first-order chi connectivity index (χ1) is 10.5. The predicted octanol–water partition coefficient (Wildman–Crippen LogP) is -0.767. The Morgan fingerprint density at radius 1 is 1.36 bits per heavy atom. The molecule has 0 atom stereocenters. The van der Waals surface area contributed by atoms with Crippen LogP contribution in [0.1, 0.15) is 12.8 Å². The first kappa shape index (κ1) is 14.8. The molecule has 2 heterocycles. The molecule has 9 heteroatoms. The van der Waals surface area contributed by atoms with Crippen LogP contribution in [-0.2, 0) is 19.6 Å². The Morgan fingerprint density at radius 2 is 2.14 bits per heavy atom. The molecule has 0 aromatic carbocycles. The van der Waals surface area contributed by atoms with Crippen LogP contribution in [0.5, 0.6) is 0 Å². The number of hydrogen-bond acceptors (Lipinski definition) is 6. The number of aromatic nitrogens is 1. The highest BCUT2D eigenvalue weighted by Crippen LogP contribution is 2.29. The van der Waals surface area contributed by atoms with Gasteiger partial charge in [-0.2, -0.15) is 8.42 Å². The van der Waals surface area contributed by atoms with Crippen molar-refractivity contribution in [3.05, 3.63) is 18.2 Å². The fourth-order valence-electron chi connectivity index (χ4n) is 2.18. The summed E-state index contributed by atoms with van der Waals surface area (Å²) in [7, 11) is -3.98. The average molecular weight is 324 g/mol. The molecular formula is C13H16N4O4S. The molecule has 0 unspecified atom stereocenters. The van der Waals surface area contributed by atoms with Crippen molar-refractivity contribution >= 4 is 27.7 Å². The molecule has 1 aromatic rings. The molecule has 2 N–H and O–H groups in total. The van der Waals surface area contributed by atoms with Crippen LogP contribution >= 0.6 is 0 Å².